The van der Waals surface area contributed by atoms with E-state index in [1.807, 2.05) is 12.2 Å². The molecule has 0 radical (unpaired) electrons. The largest absolute Gasteiger partial charge is 0.462 e. The summed E-state index contributed by atoms with van der Waals surface area (Å²) < 4.78 is 26.0. The van der Waals surface area contributed by atoms with E-state index in [4.69, 9.17) is 18.9 Å². The molecular weight excluding hydrogens is 544 g/mol. The number of hydrogen-bond donors (Lipinski definition) is 2. The van der Waals surface area contributed by atoms with Crippen molar-refractivity contribution >= 4 is 5.97 Å². The Bertz CT molecular complexity index is 1210. The Balaban J connectivity index is 1.34. The number of hydrogen-bond acceptors (Lipinski definition) is 7. The lowest BCUT2D eigenvalue weighted by Gasteiger charge is -2.49. The van der Waals surface area contributed by atoms with Crippen LogP contribution in [0.25, 0.3) is 0 Å². The van der Waals surface area contributed by atoms with E-state index in [1.54, 1.807) is 13.0 Å². The van der Waals surface area contributed by atoms with Crippen molar-refractivity contribution in [1.82, 2.24) is 0 Å². The molecule has 6 aliphatic rings. The minimum atomic E-state index is -1.69. The third-order valence-corrected chi connectivity index (χ3v) is 10.7. The number of carbonyl (C=O) groups is 1. The summed E-state index contributed by atoms with van der Waals surface area (Å²) in [5.74, 6) is -1.39. The molecule has 236 valence electrons. The third-order valence-electron chi connectivity index (χ3n) is 10.7. The van der Waals surface area contributed by atoms with Crippen LogP contribution in [0, 0.1) is 23.7 Å². The van der Waals surface area contributed by atoms with Crippen molar-refractivity contribution in [1.29, 1.82) is 0 Å². The van der Waals surface area contributed by atoms with Crippen LogP contribution in [0.1, 0.15) is 85.5 Å². The van der Waals surface area contributed by atoms with Crippen molar-refractivity contribution in [2.24, 2.45) is 23.7 Å². The zero-order chi connectivity index (χ0) is 30.4. The molecule has 4 heterocycles. The molecule has 2 N–H and O–H groups in total. The molecule has 2 bridgehead atoms. The molecule has 0 aromatic heterocycles. The summed E-state index contributed by atoms with van der Waals surface area (Å²) in [6, 6.07) is 0. The van der Waals surface area contributed by atoms with Crippen LogP contribution in [0.2, 0.25) is 0 Å². The predicted molar refractivity (Wildman–Crippen MR) is 164 cm³/mol. The Morgan fingerprint density at radius 1 is 1.02 bits per heavy atom. The second-order valence-electron chi connectivity index (χ2n) is 14.2. The van der Waals surface area contributed by atoms with Crippen LogP contribution in [-0.4, -0.2) is 64.7 Å². The van der Waals surface area contributed by atoms with Gasteiger partial charge in [0.15, 0.2) is 5.79 Å². The maximum Gasteiger partial charge on any atom is 0.316 e. The van der Waals surface area contributed by atoms with Gasteiger partial charge in [0.2, 0.25) is 0 Å². The van der Waals surface area contributed by atoms with Gasteiger partial charge in [0.25, 0.3) is 0 Å². The van der Waals surface area contributed by atoms with Gasteiger partial charge in [0.1, 0.15) is 29.8 Å². The highest BCUT2D eigenvalue weighted by Crippen LogP contribution is 2.47. The van der Waals surface area contributed by atoms with Gasteiger partial charge < -0.3 is 29.2 Å². The molecular formula is C36H50O7. The molecule has 1 saturated carbocycles. The van der Waals surface area contributed by atoms with Crippen molar-refractivity contribution in [2.75, 3.05) is 6.61 Å². The van der Waals surface area contributed by atoms with Gasteiger partial charge in [-0.1, -0.05) is 75.1 Å². The predicted octanol–water partition coefficient (Wildman–Crippen LogP) is 5.87. The van der Waals surface area contributed by atoms with Gasteiger partial charge in [-0.2, -0.15) is 0 Å². The molecule has 4 unspecified atom stereocenters. The molecule has 0 aromatic rings. The third kappa shape index (κ3) is 6.13. The molecule has 7 heteroatoms. The van der Waals surface area contributed by atoms with E-state index in [-0.39, 0.29) is 24.7 Å². The number of carbonyl (C=O) groups excluding carboxylic acids is 1. The lowest BCUT2D eigenvalue weighted by molar-refractivity contribution is -0.301. The maximum absolute atomic E-state index is 14.0. The van der Waals surface area contributed by atoms with Gasteiger partial charge in [-0.05, 0) is 68.6 Å². The zero-order valence-electron chi connectivity index (χ0n) is 26.2. The van der Waals surface area contributed by atoms with E-state index in [1.165, 1.54) is 37.7 Å². The fourth-order valence-corrected chi connectivity index (χ4v) is 8.32. The Labute approximate surface area is 256 Å². The lowest BCUT2D eigenvalue weighted by Crippen LogP contribution is -2.58. The van der Waals surface area contributed by atoms with Crippen LogP contribution in [0.3, 0.4) is 0 Å². The molecule has 0 aromatic carbocycles. The van der Waals surface area contributed by atoms with E-state index < -0.39 is 41.6 Å². The Morgan fingerprint density at radius 2 is 1.81 bits per heavy atom. The van der Waals surface area contributed by atoms with Gasteiger partial charge in [-0.25, -0.2) is 0 Å². The van der Waals surface area contributed by atoms with Crippen LogP contribution in [0.5, 0.6) is 0 Å². The summed E-state index contributed by atoms with van der Waals surface area (Å²) in [5.41, 5.74) is 0.763. The number of esters is 1. The molecule has 2 saturated heterocycles. The quantitative estimate of drug-likeness (QED) is 0.290. The van der Waals surface area contributed by atoms with Crippen molar-refractivity contribution in [3.63, 3.8) is 0 Å². The van der Waals surface area contributed by atoms with Gasteiger partial charge in [0.05, 0.1) is 18.8 Å². The van der Waals surface area contributed by atoms with E-state index in [2.05, 4.69) is 45.1 Å². The molecule has 0 amide bonds. The second kappa shape index (κ2) is 12.4. The van der Waals surface area contributed by atoms with Crippen LogP contribution < -0.4 is 0 Å². The fraction of sp³-hybridized carbons (Fsp3) is 0.694. The van der Waals surface area contributed by atoms with Crippen LogP contribution in [-0.2, 0) is 23.7 Å². The minimum absolute atomic E-state index is 0.0680. The molecule has 10 atom stereocenters. The number of fused-ring (bicyclic) bond motifs is 2. The number of aliphatic hydroxyl groups excluding tert-OH is 1. The number of ether oxygens (including phenoxy) is 4. The maximum atomic E-state index is 14.0. The standard InChI is InChI=1S/C36H50O7/c1-22-9-8-12-27-21-40-33-31(37)25(4)18-30(36(27,33)39)34(38)41-29-19-28(14-13-23(2)17-22)42-35(20-29)16-15-24(3)32(43-35)26-10-6-5-7-11-26/h8-9,12-13,15-16,18,22,24,26,28-33,37,39H,5-7,10-11,14,17,19-21H2,1-4H3/b9-8+,23-13+,27-12+/t22-,24-,28+,29?,30?,31?,32?,33+,35+,36+/m0/s1. The molecule has 3 fully saturated rings. The highest BCUT2D eigenvalue weighted by Gasteiger charge is 2.60. The van der Waals surface area contributed by atoms with Gasteiger partial charge in [0, 0.05) is 18.8 Å². The van der Waals surface area contributed by atoms with E-state index in [0.29, 0.717) is 42.2 Å². The smallest absolute Gasteiger partial charge is 0.316 e. The lowest BCUT2D eigenvalue weighted by atomic mass is 9.71. The van der Waals surface area contributed by atoms with Crippen molar-refractivity contribution in [3.05, 3.63) is 59.3 Å². The number of aliphatic hydroxyl groups is 2. The monoisotopic (exact) mass is 594 g/mol. The molecule has 7 nitrogen and oxygen atoms in total. The highest BCUT2D eigenvalue weighted by atomic mass is 16.7. The topological polar surface area (TPSA) is 94.5 Å². The first-order valence-electron chi connectivity index (χ1n) is 16.6. The van der Waals surface area contributed by atoms with Crippen LogP contribution >= 0.6 is 0 Å². The van der Waals surface area contributed by atoms with Crippen LogP contribution in [0.4, 0.5) is 0 Å². The van der Waals surface area contributed by atoms with Crippen molar-refractivity contribution in [3.8, 4) is 0 Å². The zero-order valence-corrected chi connectivity index (χ0v) is 26.2. The summed E-state index contributed by atoms with van der Waals surface area (Å²) in [5, 5.41) is 23.1. The molecule has 4 aliphatic heterocycles. The average Bonchev–Trinajstić information content (AvgIpc) is 3.32. The summed E-state index contributed by atoms with van der Waals surface area (Å²) in [7, 11) is 0. The summed E-state index contributed by atoms with van der Waals surface area (Å²) in [6.07, 6.45) is 20.3. The number of allylic oxidation sites excluding steroid dienone is 4. The van der Waals surface area contributed by atoms with Gasteiger partial charge >= 0.3 is 5.97 Å². The molecule has 1 spiro atoms. The highest BCUT2D eigenvalue weighted by molar-refractivity contribution is 5.78. The first-order chi connectivity index (χ1) is 20.6. The normalized spacial score (nSPS) is 47.5. The first kappa shape index (κ1) is 31.0. The number of rotatable bonds is 1. The second-order valence-corrected chi connectivity index (χ2v) is 14.2. The Kier molecular flexibility index (Phi) is 8.93. The van der Waals surface area contributed by atoms with Gasteiger partial charge in [-0.15, -0.1) is 0 Å². The first-order valence-corrected chi connectivity index (χ1v) is 16.6. The molecule has 2 aliphatic carbocycles. The minimum Gasteiger partial charge on any atom is -0.462 e. The van der Waals surface area contributed by atoms with E-state index >= 15 is 0 Å². The molecule has 43 heavy (non-hydrogen) atoms. The fourth-order valence-electron chi connectivity index (χ4n) is 8.32. The van der Waals surface area contributed by atoms with E-state index in [9.17, 15) is 15.0 Å². The van der Waals surface area contributed by atoms with Gasteiger partial charge in [-0.3, -0.25) is 4.79 Å². The Morgan fingerprint density at radius 3 is 2.60 bits per heavy atom. The van der Waals surface area contributed by atoms with Crippen LogP contribution in [0.15, 0.2) is 59.3 Å². The SMILES string of the molecule is CC1=CC2C(=O)OC3C[C@@H](C/C=C(\C)C[C@@H](C)/C=C/C=C4\CO[C@H](C1O)[C@@]42O)O[C@@]1(C=C[C@H](C)C(C2CCCCC2)O1)C3. The van der Waals surface area contributed by atoms with Crippen molar-refractivity contribution < 1.29 is 34.0 Å². The summed E-state index contributed by atoms with van der Waals surface area (Å²) >= 11 is 0. The average molecular weight is 595 g/mol. The Hall–Kier alpha value is -2.03. The van der Waals surface area contributed by atoms with Crippen molar-refractivity contribution in [2.45, 2.75) is 127 Å². The summed E-state index contributed by atoms with van der Waals surface area (Å²) in [4.78, 5) is 14.0. The van der Waals surface area contributed by atoms with E-state index in [0.717, 1.165) is 6.42 Å². The molecule has 6 rings (SSSR count). The summed E-state index contributed by atoms with van der Waals surface area (Å²) in [6.45, 7) is 8.46.